The van der Waals surface area contributed by atoms with E-state index in [1.54, 1.807) is 19.4 Å². The quantitative estimate of drug-likeness (QED) is 0.883. The van der Waals surface area contributed by atoms with Crippen molar-refractivity contribution in [1.29, 1.82) is 0 Å². The third-order valence-corrected chi connectivity index (χ3v) is 4.63. The van der Waals surface area contributed by atoms with Crippen LogP contribution in [0.1, 0.15) is 17.4 Å². The number of pyridine rings is 1. The Morgan fingerprint density at radius 2 is 2.10 bits per heavy atom. The van der Waals surface area contributed by atoms with Crippen LogP contribution in [-0.2, 0) is 10.8 Å². The molecule has 0 aliphatic rings. The van der Waals surface area contributed by atoms with Crippen molar-refractivity contribution in [2.45, 2.75) is 12.2 Å². The Kier molecular flexibility index (Phi) is 4.90. The van der Waals surface area contributed by atoms with Crippen LogP contribution in [0.4, 0.5) is 5.82 Å². The van der Waals surface area contributed by atoms with Crippen LogP contribution in [0.5, 0.6) is 0 Å². The van der Waals surface area contributed by atoms with Gasteiger partial charge in [-0.3, -0.25) is 9.00 Å². The summed E-state index contributed by atoms with van der Waals surface area (Å²) in [7, 11) is 0.818. The molecule has 0 radical (unpaired) electrons. The fraction of sp³-hybridized carbons (Fsp3) is 0.333. The largest absolute Gasteiger partial charge is 0.373 e. The van der Waals surface area contributed by atoms with Gasteiger partial charge in [0.25, 0.3) is 5.91 Å². The van der Waals surface area contributed by atoms with E-state index >= 15 is 0 Å². The summed E-state index contributed by atoms with van der Waals surface area (Å²) in [6, 6.07) is 9.52. The predicted molar refractivity (Wildman–Crippen MR) is 87.2 cm³/mol. The third-order valence-electron chi connectivity index (χ3n) is 3.33. The summed E-state index contributed by atoms with van der Waals surface area (Å²) in [5.74, 6) is 0.417. The smallest absolute Gasteiger partial charge is 0.270 e. The minimum Gasteiger partial charge on any atom is -0.373 e. The first-order valence-electron chi connectivity index (χ1n) is 6.71. The van der Waals surface area contributed by atoms with E-state index in [9.17, 15) is 9.00 Å². The van der Waals surface area contributed by atoms with Gasteiger partial charge in [-0.2, -0.15) is 0 Å². The molecule has 2 unspecified atom stereocenters. The molecule has 0 fully saturated rings. The number of rotatable bonds is 5. The standard InChI is InChI=1S/C15H19N3O2S/c1-10(21(3)20)9-17-15(19)13-8-11-6-4-5-7-12(11)14(16-2)18-13/h4-8,10H,9H2,1-3H3,(H,16,18)(H,17,19). The van der Waals surface area contributed by atoms with Crippen molar-refractivity contribution in [2.75, 3.05) is 25.2 Å². The predicted octanol–water partition coefficient (Wildman–Crippen LogP) is 1.77. The molecule has 21 heavy (non-hydrogen) atoms. The maximum atomic E-state index is 12.2. The fourth-order valence-corrected chi connectivity index (χ4v) is 2.27. The summed E-state index contributed by atoms with van der Waals surface area (Å²) < 4.78 is 11.3. The highest BCUT2D eigenvalue weighted by molar-refractivity contribution is 7.84. The Labute approximate surface area is 126 Å². The van der Waals surface area contributed by atoms with Crippen LogP contribution < -0.4 is 10.6 Å². The zero-order chi connectivity index (χ0) is 15.4. The molecule has 0 aliphatic carbocycles. The average molecular weight is 305 g/mol. The Bertz CT molecular complexity index is 688. The third kappa shape index (κ3) is 3.58. The maximum Gasteiger partial charge on any atom is 0.270 e. The Morgan fingerprint density at radius 1 is 1.38 bits per heavy atom. The first-order valence-corrected chi connectivity index (χ1v) is 8.33. The highest BCUT2D eigenvalue weighted by Crippen LogP contribution is 2.22. The first kappa shape index (κ1) is 15.4. The number of hydrogen-bond acceptors (Lipinski definition) is 4. The molecule has 1 heterocycles. The number of anilines is 1. The van der Waals surface area contributed by atoms with E-state index in [0.29, 0.717) is 18.1 Å². The summed E-state index contributed by atoms with van der Waals surface area (Å²) in [6.45, 7) is 2.20. The molecule has 1 aromatic heterocycles. The van der Waals surface area contributed by atoms with E-state index in [1.165, 1.54) is 0 Å². The van der Waals surface area contributed by atoms with Gasteiger partial charge in [-0.1, -0.05) is 24.3 Å². The van der Waals surface area contributed by atoms with Gasteiger partial charge in [-0.05, 0) is 18.4 Å². The average Bonchev–Trinajstić information content (AvgIpc) is 2.50. The number of carbonyl (C=O) groups is 1. The van der Waals surface area contributed by atoms with E-state index in [1.807, 2.05) is 31.2 Å². The lowest BCUT2D eigenvalue weighted by molar-refractivity contribution is 0.0949. The normalized spacial score (nSPS) is 13.7. The first-order chi connectivity index (χ1) is 10.0. The van der Waals surface area contributed by atoms with Crippen LogP contribution in [0.2, 0.25) is 0 Å². The lowest BCUT2D eigenvalue weighted by Crippen LogP contribution is -2.33. The maximum absolute atomic E-state index is 12.2. The zero-order valence-electron chi connectivity index (χ0n) is 12.3. The molecular formula is C15H19N3O2S. The van der Waals surface area contributed by atoms with Crippen LogP contribution in [0.15, 0.2) is 30.3 Å². The second-order valence-electron chi connectivity index (χ2n) is 4.85. The molecule has 2 aromatic rings. The van der Waals surface area contributed by atoms with Gasteiger partial charge in [0.2, 0.25) is 0 Å². The Morgan fingerprint density at radius 3 is 2.76 bits per heavy atom. The molecule has 1 amide bonds. The van der Waals surface area contributed by atoms with Gasteiger partial charge in [-0.25, -0.2) is 4.98 Å². The number of nitrogens with zero attached hydrogens (tertiary/aromatic N) is 1. The van der Waals surface area contributed by atoms with E-state index in [4.69, 9.17) is 0 Å². The zero-order valence-corrected chi connectivity index (χ0v) is 13.2. The second-order valence-corrected chi connectivity index (χ2v) is 6.65. The summed E-state index contributed by atoms with van der Waals surface area (Å²) in [5, 5.41) is 7.62. The summed E-state index contributed by atoms with van der Waals surface area (Å²) in [4.78, 5) is 16.5. The van der Waals surface area contributed by atoms with Crippen LogP contribution in [0, 0.1) is 0 Å². The van der Waals surface area contributed by atoms with Crippen molar-refractivity contribution >= 4 is 33.3 Å². The minimum atomic E-state index is -0.959. The minimum absolute atomic E-state index is 0.0850. The van der Waals surface area contributed by atoms with E-state index < -0.39 is 10.8 Å². The van der Waals surface area contributed by atoms with Crippen LogP contribution in [-0.4, -0.2) is 40.2 Å². The van der Waals surface area contributed by atoms with Gasteiger partial charge in [-0.15, -0.1) is 0 Å². The van der Waals surface area contributed by atoms with Crippen LogP contribution >= 0.6 is 0 Å². The number of carbonyl (C=O) groups excluding carboxylic acids is 1. The molecule has 5 nitrogen and oxygen atoms in total. The summed E-state index contributed by atoms with van der Waals surface area (Å²) in [6.07, 6.45) is 1.63. The monoisotopic (exact) mass is 305 g/mol. The molecule has 0 aliphatic heterocycles. The van der Waals surface area contributed by atoms with Gasteiger partial charge < -0.3 is 10.6 Å². The molecular weight excluding hydrogens is 286 g/mol. The number of nitrogens with one attached hydrogen (secondary N) is 2. The van der Waals surface area contributed by atoms with Crippen molar-refractivity contribution in [2.24, 2.45) is 0 Å². The van der Waals surface area contributed by atoms with Gasteiger partial charge in [0, 0.05) is 41.3 Å². The van der Waals surface area contributed by atoms with Gasteiger partial charge in [0.05, 0.1) is 0 Å². The van der Waals surface area contributed by atoms with E-state index in [0.717, 1.165) is 10.8 Å². The van der Waals surface area contributed by atoms with Crippen molar-refractivity contribution < 1.29 is 9.00 Å². The molecule has 6 heteroatoms. The lowest BCUT2D eigenvalue weighted by Gasteiger charge is -2.11. The molecule has 0 saturated heterocycles. The number of hydrogen-bond donors (Lipinski definition) is 2. The number of benzene rings is 1. The van der Waals surface area contributed by atoms with E-state index in [2.05, 4.69) is 15.6 Å². The summed E-state index contributed by atoms with van der Waals surface area (Å²) >= 11 is 0. The molecule has 2 rings (SSSR count). The molecule has 0 bridgehead atoms. The van der Waals surface area contributed by atoms with Crippen LogP contribution in [0.3, 0.4) is 0 Å². The number of amides is 1. The van der Waals surface area contributed by atoms with Crippen molar-refractivity contribution in [3.05, 3.63) is 36.0 Å². The molecule has 2 N–H and O–H groups in total. The SMILES string of the molecule is CNc1nc(C(=O)NCC(C)S(C)=O)cc2ccccc12. The summed E-state index contributed by atoms with van der Waals surface area (Å²) in [5.41, 5.74) is 0.354. The molecule has 2 atom stereocenters. The molecule has 112 valence electrons. The highest BCUT2D eigenvalue weighted by Gasteiger charge is 2.13. The van der Waals surface area contributed by atoms with Crippen LogP contribution in [0.25, 0.3) is 10.8 Å². The fourth-order valence-electron chi connectivity index (χ4n) is 1.95. The molecule has 0 saturated carbocycles. The van der Waals surface area contributed by atoms with Crippen molar-refractivity contribution in [3.8, 4) is 0 Å². The van der Waals surface area contributed by atoms with Gasteiger partial charge >= 0.3 is 0 Å². The van der Waals surface area contributed by atoms with Gasteiger partial charge in [0.1, 0.15) is 11.5 Å². The molecule has 1 aromatic carbocycles. The topological polar surface area (TPSA) is 71.1 Å². The van der Waals surface area contributed by atoms with Crippen molar-refractivity contribution in [1.82, 2.24) is 10.3 Å². The second kappa shape index (κ2) is 6.67. The molecule has 0 spiro atoms. The number of fused-ring (bicyclic) bond motifs is 1. The van der Waals surface area contributed by atoms with Gasteiger partial charge in [0.15, 0.2) is 0 Å². The number of aromatic nitrogens is 1. The van der Waals surface area contributed by atoms with Crippen molar-refractivity contribution in [3.63, 3.8) is 0 Å². The lowest BCUT2D eigenvalue weighted by atomic mass is 10.1. The highest BCUT2D eigenvalue weighted by atomic mass is 32.2. The Balaban J connectivity index is 2.25. The Hall–Kier alpha value is -1.95. The van der Waals surface area contributed by atoms with E-state index in [-0.39, 0.29) is 11.2 Å².